The van der Waals surface area contributed by atoms with E-state index in [1.54, 1.807) is 7.11 Å². The molecule has 0 amide bonds. The lowest BCUT2D eigenvalue weighted by atomic mass is 9.79. The monoisotopic (exact) mass is 193 g/mol. The summed E-state index contributed by atoms with van der Waals surface area (Å²) in [6.07, 6.45) is 0. The molecule has 1 aromatic carbocycles. The first kappa shape index (κ1) is 11.1. The van der Waals surface area contributed by atoms with Gasteiger partial charge in [-0.05, 0) is 24.6 Å². The van der Waals surface area contributed by atoms with Gasteiger partial charge in [0.25, 0.3) is 0 Å². The minimum atomic E-state index is 0.00622. The van der Waals surface area contributed by atoms with Crippen molar-refractivity contribution in [3.05, 3.63) is 29.8 Å². The van der Waals surface area contributed by atoms with Gasteiger partial charge in [0.15, 0.2) is 0 Å². The highest BCUT2D eigenvalue weighted by Gasteiger charge is 2.24. The molecule has 1 atom stereocenters. The van der Waals surface area contributed by atoms with Crippen LogP contribution in [0.2, 0.25) is 0 Å². The van der Waals surface area contributed by atoms with E-state index in [2.05, 4.69) is 26.0 Å². The summed E-state index contributed by atoms with van der Waals surface area (Å²) in [5.74, 6) is 0.884. The maximum Gasteiger partial charge on any atom is 0.118 e. The Hall–Kier alpha value is -1.02. The normalized spacial score (nSPS) is 13.8. The zero-order chi connectivity index (χ0) is 10.8. The summed E-state index contributed by atoms with van der Waals surface area (Å²) in [5, 5.41) is 0. The van der Waals surface area contributed by atoms with Gasteiger partial charge in [0, 0.05) is 11.5 Å². The molecule has 0 heterocycles. The summed E-state index contributed by atoms with van der Waals surface area (Å²) in [5.41, 5.74) is 7.19. The van der Waals surface area contributed by atoms with E-state index in [9.17, 15) is 0 Å². The third kappa shape index (κ3) is 2.07. The average molecular weight is 193 g/mol. The van der Waals surface area contributed by atoms with Crippen LogP contribution in [0.3, 0.4) is 0 Å². The molecule has 14 heavy (non-hydrogen) atoms. The van der Waals surface area contributed by atoms with Crippen molar-refractivity contribution in [2.75, 3.05) is 7.11 Å². The molecule has 0 bridgehead atoms. The zero-order valence-corrected chi connectivity index (χ0v) is 9.37. The lowest BCUT2D eigenvalue weighted by molar-refractivity contribution is 0.411. The highest BCUT2D eigenvalue weighted by atomic mass is 16.5. The van der Waals surface area contributed by atoms with Crippen molar-refractivity contribution in [1.29, 1.82) is 0 Å². The third-order valence-electron chi connectivity index (χ3n) is 2.97. The first-order valence-corrected chi connectivity index (χ1v) is 4.88. The van der Waals surface area contributed by atoms with E-state index in [0.717, 1.165) is 5.75 Å². The summed E-state index contributed by atoms with van der Waals surface area (Å²) < 4.78 is 5.11. The van der Waals surface area contributed by atoms with Crippen LogP contribution in [0.15, 0.2) is 24.3 Å². The summed E-state index contributed by atoms with van der Waals surface area (Å²) in [7, 11) is 1.67. The molecule has 0 spiro atoms. The molecule has 1 rings (SSSR count). The quantitative estimate of drug-likeness (QED) is 0.799. The Kier molecular flexibility index (Phi) is 3.17. The van der Waals surface area contributed by atoms with Crippen LogP contribution in [0.4, 0.5) is 0 Å². The Morgan fingerprint density at radius 3 is 2.07 bits per heavy atom. The SMILES string of the molecule is COc1ccc(C(C)(C)C(C)N)cc1. The maximum absolute atomic E-state index is 5.94. The molecule has 2 heteroatoms. The van der Waals surface area contributed by atoms with Gasteiger partial charge in [0.2, 0.25) is 0 Å². The Morgan fingerprint density at radius 1 is 1.21 bits per heavy atom. The standard InChI is InChI=1S/C12H19NO/c1-9(13)12(2,3)10-5-7-11(14-4)8-6-10/h5-9H,13H2,1-4H3. The summed E-state index contributed by atoms with van der Waals surface area (Å²) >= 11 is 0. The van der Waals surface area contributed by atoms with Crippen molar-refractivity contribution in [2.45, 2.75) is 32.2 Å². The van der Waals surface area contributed by atoms with Gasteiger partial charge in [-0.1, -0.05) is 26.0 Å². The number of nitrogens with two attached hydrogens (primary N) is 1. The molecule has 0 aromatic heterocycles. The van der Waals surface area contributed by atoms with Crippen LogP contribution < -0.4 is 10.5 Å². The summed E-state index contributed by atoms with van der Waals surface area (Å²) in [6, 6.07) is 8.22. The first-order chi connectivity index (χ1) is 6.48. The number of rotatable bonds is 3. The molecule has 78 valence electrons. The molecule has 0 radical (unpaired) electrons. The van der Waals surface area contributed by atoms with E-state index in [1.165, 1.54) is 5.56 Å². The topological polar surface area (TPSA) is 35.2 Å². The largest absolute Gasteiger partial charge is 0.497 e. The van der Waals surface area contributed by atoms with E-state index in [4.69, 9.17) is 10.5 Å². The summed E-state index contributed by atoms with van der Waals surface area (Å²) in [4.78, 5) is 0. The molecular weight excluding hydrogens is 174 g/mol. The number of methoxy groups -OCH3 is 1. The van der Waals surface area contributed by atoms with E-state index < -0.39 is 0 Å². The molecule has 2 nitrogen and oxygen atoms in total. The summed E-state index contributed by atoms with van der Waals surface area (Å²) in [6.45, 7) is 6.34. The van der Waals surface area contributed by atoms with Gasteiger partial charge in [-0.2, -0.15) is 0 Å². The van der Waals surface area contributed by atoms with E-state index in [0.29, 0.717) is 0 Å². The average Bonchev–Trinajstić information content (AvgIpc) is 2.17. The second kappa shape index (κ2) is 4.01. The van der Waals surface area contributed by atoms with Crippen LogP contribution in [0.1, 0.15) is 26.3 Å². The predicted molar refractivity (Wildman–Crippen MR) is 59.7 cm³/mol. The number of ether oxygens (including phenoxy) is 1. The molecule has 0 aliphatic carbocycles. The van der Waals surface area contributed by atoms with Gasteiger partial charge in [-0.3, -0.25) is 0 Å². The van der Waals surface area contributed by atoms with Crippen LogP contribution in [0, 0.1) is 0 Å². The minimum absolute atomic E-state index is 0.00622. The number of benzene rings is 1. The zero-order valence-electron chi connectivity index (χ0n) is 9.37. The van der Waals surface area contributed by atoms with Crippen LogP contribution >= 0.6 is 0 Å². The molecule has 0 saturated heterocycles. The van der Waals surface area contributed by atoms with Gasteiger partial charge in [0.1, 0.15) is 5.75 Å². The molecule has 0 aliphatic rings. The number of hydrogen-bond donors (Lipinski definition) is 1. The van der Waals surface area contributed by atoms with Crippen LogP contribution in [0.25, 0.3) is 0 Å². The lowest BCUT2D eigenvalue weighted by Gasteiger charge is -2.29. The van der Waals surface area contributed by atoms with Gasteiger partial charge in [-0.25, -0.2) is 0 Å². The third-order valence-corrected chi connectivity index (χ3v) is 2.97. The van der Waals surface area contributed by atoms with Crippen molar-refractivity contribution in [3.63, 3.8) is 0 Å². The molecular formula is C12H19NO. The second-order valence-corrected chi connectivity index (χ2v) is 4.24. The van der Waals surface area contributed by atoms with Crippen molar-refractivity contribution in [3.8, 4) is 5.75 Å². The Bertz CT molecular complexity index is 288. The van der Waals surface area contributed by atoms with Gasteiger partial charge < -0.3 is 10.5 Å². The Morgan fingerprint density at radius 2 is 1.71 bits per heavy atom. The number of hydrogen-bond acceptors (Lipinski definition) is 2. The van der Waals surface area contributed by atoms with Crippen LogP contribution in [-0.4, -0.2) is 13.2 Å². The molecule has 1 aromatic rings. The van der Waals surface area contributed by atoms with Gasteiger partial charge in [-0.15, -0.1) is 0 Å². The van der Waals surface area contributed by atoms with Crippen LogP contribution in [0.5, 0.6) is 5.75 Å². The molecule has 0 fully saturated rings. The van der Waals surface area contributed by atoms with E-state index >= 15 is 0 Å². The van der Waals surface area contributed by atoms with E-state index in [1.807, 2.05) is 19.1 Å². The van der Waals surface area contributed by atoms with Gasteiger partial charge >= 0.3 is 0 Å². The van der Waals surface area contributed by atoms with E-state index in [-0.39, 0.29) is 11.5 Å². The Balaban J connectivity index is 2.97. The highest BCUT2D eigenvalue weighted by molar-refractivity contribution is 5.32. The second-order valence-electron chi connectivity index (χ2n) is 4.24. The highest BCUT2D eigenvalue weighted by Crippen LogP contribution is 2.27. The fraction of sp³-hybridized carbons (Fsp3) is 0.500. The van der Waals surface area contributed by atoms with Gasteiger partial charge in [0.05, 0.1) is 7.11 Å². The minimum Gasteiger partial charge on any atom is -0.497 e. The smallest absolute Gasteiger partial charge is 0.118 e. The Labute approximate surface area is 86.1 Å². The molecule has 1 unspecified atom stereocenters. The van der Waals surface area contributed by atoms with Crippen molar-refractivity contribution in [2.24, 2.45) is 5.73 Å². The fourth-order valence-electron chi connectivity index (χ4n) is 1.28. The molecule has 0 aliphatic heterocycles. The van der Waals surface area contributed by atoms with Crippen molar-refractivity contribution < 1.29 is 4.74 Å². The maximum atomic E-state index is 5.94. The fourth-order valence-corrected chi connectivity index (χ4v) is 1.28. The van der Waals surface area contributed by atoms with Crippen molar-refractivity contribution in [1.82, 2.24) is 0 Å². The lowest BCUT2D eigenvalue weighted by Crippen LogP contribution is -2.38. The van der Waals surface area contributed by atoms with Crippen molar-refractivity contribution >= 4 is 0 Å². The van der Waals surface area contributed by atoms with Crippen LogP contribution in [-0.2, 0) is 5.41 Å². The molecule has 0 saturated carbocycles. The first-order valence-electron chi connectivity index (χ1n) is 4.88. The predicted octanol–water partition coefficient (Wildman–Crippen LogP) is 2.32. The molecule has 2 N–H and O–H groups in total.